The first-order valence-corrected chi connectivity index (χ1v) is 7.71. The maximum atomic E-state index is 12.2. The van der Waals surface area contributed by atoms with Gasteiger partial charge in [-0.05, 0) is 24.3 Å². The summed E-state index contributed by atoms with van der Waals surface area (Å²) in [6.45, 7) is 7.17. The molecule has 124 valence electrons. The molecule has 0 aliphatic carbocycles. The Labute approximate surface area is 136 Å². The second-order valence-corrected chi connectivity index (χ2v) is 6.71. The highest BCUT2D eigenvalue weighted by atomic mass is 16.4. The topological polar surface area (TPSA) is 82.0 Å². The Bertz CT molecular complexity index is 605. The van der Waals surface area contributed by atoms with E-state index in [1.807, 2.05) is 25.7 Å². The molecule has 0 bridgehead atoms. The van der Waals surface area contributed by atoms with E-state index in [0.717, 1.165) is 24.2 Å². The fraction of sp³-hybridized carbons (Fsp3) is 0.471. The van der Waals surface area contributed by atoms with Gasteiger partial charge >= 0.3 is 5.97 Å². The quantitative estimate of drug-likeness (QED) is 0.840. The summed E-state index contributed by atoms with van der Waals surface area (Å²) in [4.78, 5) is 24.9. The van der Waals surface area contributed by atoms with E-state index in [0.29, 0.717) is 13.1 Å². The third kappa shape index (κ3) is 4.55. The molecule has 23 heavy (non-hydrogen) atoms. The lowest BCUT2D eigenvalue weighted by Gasteiger charge is -2.32. The van der Waals surface area contributed by atoms with E-state index in [-0.39, 0.29) is 16.9 Å². The fourth-order valence-electron chi connectivity index (χ4n) is 2.39. The van der Waals surface area contributed by atoms with E-state index in [1.165, 1.54) is 12.1 Å². The number of nitrogens with zero attached hydrogens (tertiary/aromatic N) is 2. The van der Waals surface area contributed by atoms with Crippen LogP contribution in [0.25, 0.3) is 0 Å². The van der Waals surface area contributed by atoms with Crippen molar-refractivity contribution in [3.8, 4) is 0 Å². The van der Waals surface area contributed by atoms with Gasteiger partial charge in [0.05, 0.1) is 11.3 Å². The first-order valence-electron chi connectivity index (χ1n) is 7.71. The zero-order valence-corrected chi connectivity index (χ0v) is 13.8. The predicted octanol–water partition coefficient (Wildman–Crippen LogP) is 2.82. The van der Waals surface area contributed by atoms with E-state index < -0.39 is 5.97 Å². The number of carboxylic acid groups (broad SMARTS) is 1. The number of amides is 1. The van der Waals surface area contributed by atoms with Crippen LogP contribution in [-0.4, -0.2) is 40.7 Å². The number of hydrogen-bond acceptors (Lipinski definition) is 4. The molecule has 2 rings (SSSR count). The van der Waals surface area contributed by atoms with Gasteiger partial charge in [0, 0.05) is 37.1 Å². The van der Waals surface area contributed by atoms with E-state index >= 15 is 0 Å². The van der Waals surface area contributed by atoms with Crippen LogP contribution in [0.15, 0.2) is 29.4 Å². The minimum Gasteiger partial charge on any atom is -0.478 e. The Morgan fingerprint density at radius 3 is 2.17 bits per heavy atom. The lowest BCUT2D eigenvalue weighted by Crippen LogP contribution is -2.44. The Morgan fingerprint density at radius 1 is 1.13 bits per heavy atom. The SMILES string of the molecule is CC(C)(C)C(=O)N1CCC(=NNc2ccc(C(=O)O)cc2)CC1. The Balaban J connectivity index is 1.89. The highest BCUT2D eigenvalue weighted by Crippen LogP contribution is 2.20. The predicted molar refractivity (Wildman–Crippen MR) is 89.7 cm³/mol. The van der Waals surface area contributed by atoms with Gasteiger partial charge in [-0.15, -0.1) is 0 Å². The monoisotopic (exact) mass is 317 g/mol. The van der Waals surface area contributed by atoms with Crippen LogP contribution in [0, 0.1) is 5.41 Å². The normalized spacial score (nSPS) is 15.3. The molecule has 0 atom stereocenters. The lowest BCUT2D eigenvalue weighted by atomic mass is 9.93. The third-order valence-electron chi connectivity index (χ3n) is 3.74. The minimum absolute atomic E-state index is 0.175. The first kappa shape index (κ1) is 17.0. The molecule has 1 amide bonds. The molecule has 6 heteroatoms. The molecule has 6 nitrogen and oxygen atoms in total. The second-order valence-electron chi connectivity index (χ2n) is 6.71. The van der Waals surface area contributed by atoms with Crippen molar-refractivity contribution in [2.45, 2.75) is 33.6 Å². The molecule has 0 radical (unpaired) electrons. The molecule has 0 unspecified atom stereocenters. The zero-order valence-electron chi connectivity index (χ0n) is 13.8. The van der Waals surface area contributed by atoms with Gasteiger partial charge in [0.1, 0.15) is 0 Å². The first-order chi connectivity index (χ1) is 10.8. The van der Waals surface area contributed by atoms with Crippen molar-refractivity contribution in [3.63, 3.8) is 0 Å². The molecule has 0 aromatic heterocycles. The van der Waals surface area contributed by atoms with Crippen LogP contribution < -0.4 is 5.43 Å². The number of nitrogens with one attached hydrogen (secondary N) is 1. The largest absolute Gasteiger partial charge is 0.478 e. The Morgan fingerprint density at radius 2 is 1.70 bits per heavy atom. The van der Waals surface area contributed by atoms with Crippen LogP contribution >= 0.6 is 0 Å². The molecule has 2 N–H and O–H groups in total. The number of likely N-dealkylation sites (tertiary alicyclic amines) is 1. The molecule has 1 aliphatic rings. The number of anilines is 1. The number of benzene rings is 1. The molecule has 1 heterocycles. The van der Waals surface area contributed by atoms with Gasteiger partial charge in [-0.2, -0.15) is 5.10 Å². The van der Waals surface area contributed by atoms with Gasteiger partial charge in [0.2, 0.25) is 5.91 Å². The average molecular weight is 317 g/mol. The molecule has 1 aliphatic heterocycles. The maximum Gasteiger partial charge on any atom is 0.335 e. The Kier molecular flexibility index (Phi) is 5.03. The third-order valence-corrected chi connectivity index (χ3v) is 3.74. The summed E-state index contributed by atoms with van der Waals surface area (Å²) in [6, 6.07) is 6.45. The smallest absolute Gasteiger partial charge is 0.335 e. The van der Waals surface area contributed by atoms with Crippen LogP contribution in [0.2, 0.25) is 0 Å². The van der Waals surface area contributed by atoms with Crippen molar-refractivity contribution in [1.82, 2.24) is 4.90 Å². The fourth-order valence-corrected chi connectivity index (χ4v) is 2.39. The molecule has 1 saturated heterocycles. The summed E-state index contributed by atoms with van der Waals surface area (Å²) >= 11 is 0. The van der Waals surface area contributed by atoms with E-state index in [1.54, 1.807) is 12.1 Å². The molecular formula is C17H23N3O3. The van der Waals surface area contributed by atoms with Crippen LogP contribution in [0.3, 0.4) is 0 Å². The zero-order chi connectivity index (χ0) is 17.0. The number of carboxylic acids is 1. The van der Waals surface area contributed by atoms with Crippen molar-refractivity contribution < 1.29 is 14.7 Å². The molecule has 0 saturated carbocycles. The average Bonchev–Trinajstić information content (AvgIpc) is 2.52. The van der Waals surface area contributed by atoms with Crippen molar-refractivity contribution >= 4 is 23.3 Å². The van der Waals surface area contributed by atoms with Crippen molar-refractivity contribution in [2.24, 2.45) is 10.5 Å². The van der Waals surface area contributed by atoms with Crippen LogP contribution in [-0.2, 0) is 4.79 Å². The van der Waals surface area contributed by atoms with Crippen LogP contribution in [0.4, 0.5) is 5.69 Å². The standard InChI is InChI=1S/C17H23N3O3/c1-17(2,3)16(23)20-10-8-14(9-11-20)19-18-13-6-4-12(5-7-13)15(21)22/h4-7,18H,8-11H2,1-3H3,(H,21,22). The molecule has 1 aromatic carbocycles. The highest BCUT2D eigenvalue weighted by Gasteiger charge is 2.29. The second kappa shape index (κ2) is 6.81. The molecular weight excluding hydrogens is 294 g/mol. The van der Waals surface area contributed by atoms with Crippen molar-refractivity contribution in [1.29, 1.82) is 0 Å². The summed E-state index contributed by atoms with van der Waals surface area (Å²) in [5.74, 6) is -0.771. The summed E-state index contributed by atoms with van der Waals surface area (Å²) in [7, 11) is 0. The van der Waals surface area contributed by atoms with Gasteiger partial charge in [0.15, 0.2) is 0 Å². The molecule has 1 fully saturated rings. The summed E-state index contributed by atoms with van der Waals surface area (Å²) in [5.41, 5.74) is 4.61. The van der Waals surface area contributed by atoms with Gasteiger partial charge in [0.25, 0.3) is 0 Å². The van der Waals surface area contributed by atoms with E-state index in [2.05, 4.69) is 10.5 Å². The maximum absolute atomic E-state index is 12.2. The number of rotatable bonds is 3. The Hall–Kier alpha value is -2.37. The summed E-state index contributed by atoms with van der Waals surface area (Å²) in [6.07, 6.45) is 1.50. The molecule has 0 spiro atoms. The van der Waals surface area contributed by atoms with Gasteiger partial charge < -0.3 is 10.0 Å². The minimum atomic E-state index is -0.946. The van der Waals surface area contributed by atoms with Crippen LogP contribution in [0.1, 0.15) is 44.0 Å². The van der Waals surface area contributed by atoms with Gasteiger partial charge in [-0.3, -0.25) is 10.2 Å². The number of piperidine rings is 1. The lowest BCUT2D eigenvalue weighted by molar-refractivity contribution is -0.139. The van der Waals surface area contributed by atoms with Gasteiger partial charge in [-0.1, -0.05) is 20.8 Å². The highest BCUT2D eigenvalue weighted by molar-refractivity contribution is 5.89. The van der Waals surface area contributed by atoms with Crippen molar-refractivity contribution in [3.05, 3.63) is 29.8 Å². The van der Waals surface area contributed by atoms with Crippen molar-refractivity contribution in [2.75, 3.05) is 18.5 Å². The van der Waals surface area contributed by atoms with E-state index in [9.17, 15) is 9.59 Å². The molecule has 1 aromatic rings. The number of carbonyl (C=O) groups excluding carboxylic acids is 1. The van der Waals surface area contributed by atoms with E-state index in [4.69, 9.17) is 5.11 Å². The van der Waals surface area contributed by atoms with Gasteiger partial charge in [-0.25, -0.2) is 4.79 Å². The summed E-state index contributed by atoms with van der Waals surface area (Å²) < 4.78 is 0. The number of carbonyl (C=O) groups is 2. The number of hydrogen-bond donors (Lipinski definition) is 2. The number of hydrazone groups is 1. The number of aromatic carboxylic acids is 1. The van der Waals surface area contributed by atoms with Crippen LogP contribution in [0.5, 0.6) is 0 Å². The summed E-state index contributed by atoms with van der Waals surface area (Å²) in [5, 5.41) is 13.2.